The van der Waals surface area contributed by atoms with E-state index in [1.54, 1.807) is 0 Å². The van der Waals surface area contributed by atoms with Crippen LogP contribution in [0.15, 0.2) is 6.07 Å². The number of nitrogens with one attached hydrogen (secondary N) is 1. The van der Waals surface area contributed by atoms with E-state index in [0.717, 1.165) is 18.3 Å². The fourth-order valence-electron chi connectivity index (χ4n) is 1.69. The molecule has 13 heavy (non-hydrogen) atoms. The number of nitrogens with zero attached hydrogens (tertiary/aromatic N) is 2. The molecule has 1 aromatic rings. The van der Waals surface area contributed by atoms with Crippen LogP contribution in [0.25, 0.3) is 0 Å². The summed E-state index contributed by atoms with van der Waals surface area (Å²) in [4.78, 5) is 0. The van der Waals surface area contributed by atoms with Crippen LogP contribution in [0.3, 0.4) is 0 Å². The van der Waals surface area contributed by atoms with Gasteiger partial charge in [-0.3, -0.25) is 4.68 Å². The maximum absolute atomic E-state index is 4.31. The number of hydrogen-bond acceptors (Lipinski definition) is 2. The van der Waals surface area contributed by atoms with E-state index < -0.39 is 0 Å². The van der Waals surface area contributed by atoms with Gasteiger partial charge >= 0.3 is 0 Å². The molecular formula is C10H17N3. The first-order chi connectivity index (χ1) is 6.25. The van der Waals surface area contributed by atoms with Crippen molar-refractivity contribution >= 4 is 0 Å². The Balaban J connectivity index is 1.89. The molecule has 0 saturated heterocycles. The van der Waals surface area contributed by atoms with E-state index in [-0.39, 0.29) is 0 Å². The predicted molar refractivity (Wildman–Crippen MR) is 52.4 cm³/mol. The summed E-state index contributed by atoms with van der Waals surface area (Å²) in [6.45, 7) is 2.99. The minimum Gasteiger partial charge on any atom is -0.308 e. The minimum atomic E-state index is 0.759. The minimum absolute atomic E-state index is 0.759. The van der Waals surface area contributed by atoms with Crippen LogP contribution in [0.1, 0.15) is 30.7 Å². The van der Waals surface area contributed by atoms with Gasteiger partial charge in [0.25, 0.3) is 0 Å². The topological polar surface area (TPSA) is 29.9 Å². The Morgan fingerprint density at radius 2 is 2.38 bits per heavy atom. The van der Waals surface area contributed by atoms with E-state index in [2.05, 4.69) is 16.5 Å². The van der Waals surface area contributed by atoms with E-state index in [1.807, 2.05) is 18.7 Å². The van der Waals surface area contributed by atoms with Gasteiger partial charge in [-0.25, -0.2) is 0 Å². The SMILES string of the molecule is Cc1cc(CNC2CCC2)n(C)n1. The van der Waals surface area contributed by atoms with Gasteiger partial charge in [0.05, 0.1) is 11.4 Å². The molecule has 3 nitrogen and oxygen atoms in total. The van der Waals surface area contributed by atoms with Crippen LogP contribution in [0.5, 0.6) is 0 Å². The molecule has 3 heteroatoms. The Morgan fingerprint density at radius 1 is 1.62 bits per heavy atom. The van der Waals surface area contributed by atoms with Crippen molar-refractivity contribution in [1.82, 2.24) is 15.1 Å². The van der Waals surface area contributed by atoms with E-state index in [1.165, 1.54) is 25.0 Å². The smallest absolute Gasteiger partial charge is 0.0597 e. The van der Waals surface area contributed by atoms with Crippen molar-refractivity contribution in [1.29, 1.82) is 0 Å². The standard InChI is InChI=1S/C10H17N3/c1-8-6-10(13(2)12-8)7-11-9-4-3-5-9/h6,9,11H,3-5,7H2,1-2H3. The zero-order valence-corrected chi connectivity index (χ0v) is 8.38. The van der Waals surface area contributed by atoms with Crippen LogP contribution in [-0.4, -0.2) is 15.8 Å². The van der Waals surface area contributed by atoms with E-state index >= 15 is 0 Å². The molecule has 0 aliphatic heterocycles. The molecule has 1 aromatic heterocycles. The highest BCUT2D eigenvalue weighted by atomic mass is 15.3. The fraction of sp³-hybridized carbons (Fsp3) is 0.700. The van der Waals surface area contributed by atoms with Crippen molar-refractivity contribution in [3.05, 3.63) is 17.5 Å². The lowest BCUT2D eigenvalue weighted by atomic mass is 9.93. The first-order valence-electron chi connectivity index (χ1n) is 4.98. The molecule has 0 bridgehead atoms. The largest absolute Gasteiger partial charge is 0.308 e. The van der Waals surface area contributed by atoms with Gasteiger partial charge in [0, 0.05) is 19.6 Å². The van der Waals surface area contributed by atoms with Crippen molar-refractivity contribution in [2.24, 2.45) is 7.05 Å². The first kappa shape index (κ1) is 8.75. The van der Waals surface area contributed by atoms with Gasteiger partial charge in [-0.1, -0.05) is 6.42 Å². The van der Waals surface area contributed by atoms with Gasteiger partial charge in [0.1, 0.15) is 0 Å². The molecule has 1 N–H and O–H groups in total. The molecule has 2 rings (SSSR count). The monoisotopic (exact) mass is 179 g/mol. The fourth-order valence-corrected chi connectivity index (χ4v) is 1.69. The summed E-state index contributed by atoms with van der Waals surface area (Å²) < 4.78 is 1.96. The second-order valence-corrected chi connectivity index (χ2v) is 3.91. The van der Waals surface area contributed by atoms with Crippen LogP contribution in [-0.2, 0) is 13.6 Å². The Labute approximate surface area is 79.1 Å². The average molecular weight is 179 g/mol. The van der Waals surface area contributed by atoms with Crippen molar-refractivity contribution in [2.45, 2.75) is 38.8 Å². The van der Waals surface area contributed by atoms with Crippen molar-refractivity contribution in [3.8, 4) is 0 Å². The molecule has 1 fully saturated rings. The van der Waals surface area contributed by atoms with Gasteiger partial charge in [-0.15, -0.1) is 0 Å². The van der Waals surface area contributed by atoms with Crippen molar-refractivity contribution in [3.63, 3.8) is 0 Å². The molecule has 0 atom stereocenters. The van der Waals surface area contributed by atoms with Gasteiger partial charge in [-0.2, -0.15) is 5.10 Å². The van der Waals surface area contributed by atoms with Crippen LogP contribution >= 0.6 is 0 Å². The lowest BCUT2D eigenvalue weighted by molar-refractivity contribution is 0.335. The Morgan fingerprint density at radius 3 is 2.85 bits per heavy atom. The molecule has 0 aromatic carbocycles. The Bertz CT molecular complexity index is 286. The molecule has 1 aliphatic carbocycles. The highest BCUT2D eigenvalue weighted by molar-refractivity contribution is 5.08. The van der Waals surface area contributed by atoms with Crippen LogP contribution < -0.4 is 5.32 Å². The molecule has 0 amide bonds. The number of rotatable bonds is 3. The number of aryl methyl sites for hydroxylation is 2. The van der Waals surface area contributed by atoms with Crippen LogP contribution in [0.4, 0.5) is 0 Å². The summed E-state index contributed by atoms with van der Waals surface area (Å²) in [5.41, 5.74) is 2.39. The molecular weight excluding hydrogens is 162 g/mol. The summed E-state index contributed by atoms with van der Waals surface area (Å²) in [7, 11) is 2.00. The summed E-state index contributed by atoms with van der Waals surface area (Å²) in [6, 6.07) is 2.90. The lowest BCUT2D eigenvalue weighted by Gasteiger charge is -2.26. The zero-order chi connectivity index (χ0) is 9.26. The van der Waals surface area contributed by atoms with Crippen LogP contribution in [0.2, 0.25) is 0 Å². The highest BCUT2D eigenvalue weighted by Gasteiger charge is 2.16. The third kappa shape index (κ3) is 1.91. The first-order valence-corrected chi connectivity index (χ1v) is 4.98. The predicted octanol–water partition coefficient (Wildman–Crippen LogP) is 1.37. The average Bonchev–Trinajstić information content (AvgIpc) is 2.27. The highest BCUT2D eigenvalue weighted by Crippen LogP contribution is 2.18. The number of aromatic nitrogens is 2. The second-order valence-electron chi connectivity index (χ2n) is 3.91. The van der Waals surface area contributed by atoms with Gasteiger partial charge < -0.3 is 5.32 Å². The zero-order valence-electron chi connectivity index (χ0n) is 8.38. The third-order valence-corrected chi connectivity index (χ3v) is 2.78. The maximum Gasteiger partial charge on any atom is 0.0597 e. The normalized spacial score (nSPS) is 17.4. The third-order valence-electron chi connectivity index (χ3n) is 2.78. The lowest BCUT2D eigenvalue weighted by Crippen LogP contribution is -2.34. The summed E-state index contributed by atoms with van der Waals surface area (Å²) in [5, 5.41) is 7.84. The summed E-state index contributed by atoms with van der Waals surface area (Å²) >= 11 is 0. The molecule has 1 aliphatic rings. The summed E-state index contributed by atoms with van der Waals surface area (Å²) in [6.07, 6.45) is 4.08. The van der Waals surface area contributed by atoms with Gasteiger partial charge in [-0.05, 0) is 25.8 Å². The van der Waals surface area contributed by atoms with Crippen molar-refractivity contribution < 1.29 is 0 Å². The molecule has 1 heterocycles. The maximum atomic E-state index is 4.31. The second kappa shape index (κ2) is 3.50. The van der Waals surface area contributed by atoms with Gasteiger partial charge in [0.2, 0.25) is 0 Å². The molecule has 0 radical (unpaired) electrons. The quantitative estimate of drug-likeness (QED) is 0.759. The Hall–Kier alpha value is -0.830. The van der Waals surface area contributed by atoms with E-state index in [4.69, 9.17) is 0 Å². The van der Waals surface area contributed by atoms with E-state index in [9.17, 15) is 0 Å². The van der Waals surface area contributed by atoms with E-state index in [0.29, 0.717) is 0 Å². The molecule has 0 spiro atoms. The Kier molecular flexibility index (Phi) is 2.36. The molecule has 0 unspecified atom stereocenters. The molecule has 72 valence electrons. The van der Waals surface area contributed by atoms with Crippen LogP contribution in [0, 0.1) is 6.92 Å². The summed E-state index contributed by atoms with van der Waals surface area (Å²) in [5.74, 6) is 0. The molecule has 1 saturated carbocycles. The van der Waals surface area contributed by atoms with Crippen molar-refractivity contribution in [2.75, 3.05) is 0 Å². The number of hydrogen-bond donors (Lipinski definition) is 1. The van der Waals surface area contributed by atoms with Gasteiger partial charge in [0.15, 0.2) is 0 Å².